The summed E-state index contributed by atoms with van der Waals surface area (Å²) in [7, 11) is -2.52. The number of alkyl halides is 2. The third-order valence-electron chi connectivity index (χ3n) is 6.63. The predicted octanol–water partition coefficient (Wildman–Crippen LogP) is 2.93. The van der Waals surface area contributed by atoms with Gasteiger partial charge in [0.2, 0.25) is 10.0 Å². The van der Waals surface area contributed by atoms with E-state index in [0.717, 1.165) is 0 Å². The number of halogens is 2. The Morgan fingerprint density at radius 3 is 2.67 bits per heavy atom. The average Bonchev–Trinajstić information content (AvgIpc) is 3.43. The maximum atomic E-state index is 13.5. The van der Waals surface area contributed by atoms with Crippen LogP contribution in [0, 0.1) is 18.3 Å². The molecule has 1 atom stereocenters. The van der Waals surface area contributed by atoms with Crippen LogP contribution in [0.3, 0.4) is 0 Å². The number of ether oxygens (including phenoxy) is 1. The second-order valence-corrected chi connectivity index (χ2v) is 13.3. The predicted molar refractivity (Wildman–Crippen MR) is 141 cm³/mol. The molecule has 2 aliphatic rings. The topological polar surface area (TPSA) is 146 Å². The molecule has 11 nitrogen and oxygen atoms in total. The van der Waals surface area contributed by atoms with Gasteiger partial charge >= 0.3 is 0 Å². The van der Waals surface area contributed by atoms with E-state index in [1.54, 1.807) is 20.1 Å². The number of fused-ring (bicyclic) bond motifs is 1. The lowest BCUT2D eigenvalue weighted by atomic mass is 9.97. The fourth-order valence-corrected chi connectivity index (χ4v) is 7.01. The van der Waals surface area contributed by atoms with Crippen molar-refractivity contribution in [2.75, 3.05) is 31.7 Å². The average molecular weight is 579 g/mol. The quantitative estimate of drug-likeness (QED) is 0.409. The summed E-state index contributed by atoms with van der Waals surface area (Å²) >= 11 is 0.692. The molecule has 0 amide bonds. The van der Waals surface area contributed by atoms with E-state index in [2.05, 4.69) is 30.2 Å². The Labute approximate surface area is 228 Å². The van der Waals surface area contributed by atoms with Gasteiger partial charge in [-0.25, -0.2) is 27.2 Å². The molecule has 0 unspecified atom stereocenters. The molecule has 2 N–H and O–H groups in total. The van der Waals surface area contributed by atoms with Crippen molar-refractivity contribution in [3.05, 3.63) is 23.0 Å². The first-order valence-corrected chi connectivity index (χ1v) is 14.6. The summed E-state index contributed by atoms with van der Waals surface area (Å²) in [5, 5.41) is 20.6. The van der Waals surface area contributed by atoms with Crippen molar-refractivity contribution in [1.82, 2.24) is 30.2 Å². The van der Waals surface area contributed by atoms with Gasteiger partial charge in [0.25, 0.3) is 6.43 Å². The number of methoxy groups -OCH3 is 1. The van der Waals surface area contributed by atoms with E-state index >= 15 is 0 Å². The number of aromatic nitrogens is 4. The van der Waals surface area contributed by atoms with Gasteiger partial charge in [0.05, 0.1) is 28.8 Å². The van der Waals surface area contributed by atoms with Crippen LogP contribution in [-0.4, -0.2) is 72.5 Å². The summed E-state index contributed by atoms with van der Waals surface area (Å²) < 4.78 is 61.7. The van der Waals surface area contributed by atoms with Gasteiger partial charge in [-0.15, -0.1) is 10.2 Å². The molecule has 0 radical (unpaired) electrons. The van der Waals surface area contributed by atoms with Crippen LogP contribution >= 0.6 is 11.3 Å². The highest BCUT2D eigenvalue weighted by Gasteiger charge is 2.47. The number of hydrogen-bond acceptors (Lipinski definition) is 11. The number of sulfonamides is 1. The van der Waals surface area contributed by atoms with E-state index < -0.39 is 27.0 Å². The van der Waals surface area contributed by atoms with Crippen molar-refractivity contribution in [1.29, 1.82) is 5.26 Å². The lowest BCUT2D eigenvalue weighted by molar-refractivity contribution is 0.140. The molecule has 5 rings (SSSR count). The summed E-state index contributed by atoms with van der Waals surface area (Å²) in [4.78, 5) is 11.1. The number of nitrogens with zero attached hydrogens (tertiary/aromatic N) is 6. The van der Waals surface area contributed by atoms with Crippen LogP contribution in [0.15, 0.2) is 17.0 Å². The van der Waals surface area contributed by atoms with Crippen molar-refractivity contribution in [2.45, 2.75) is 62.1 Å². The summed E-state index contributed by atoms with van der Waals surface area (Å²) in [6.07, 6.45) is -1.96. The summed E-state index contributed by atoms with van der Waals surface area (Å²) in [5.41, 5.74) is -0.275. The highest BCUT2D eigenvalue weighted by Crippen LogP contribution is 2.40. The molecule has 1 saturated heterocycles. The fraction of sp³-hybridized carbons (Fsp3) is 0.542. The van der Waals surface area contributed by atoms with Crippen LogP contribution in [0.5, 0.6) is 0 Å². The minimum atomic E-state index is -4.14. The fourth-order valence-electron chi connectivity index (χ4n) is 4.89. The van der Waals surface area contributed by atoms with Crippen LogP contribution in [0.2, 0.25) is 0 Å². The number of rotatable bonds is 8. The van der Waals surface area contributed by atoms with Gasteiger partial charge in [0, 0.05) is 37.2 Å². The van der Waals surface area contributed by atoms with E-state index in [-0.39, 0.29) is 27.2 Å². The molecule has 1 aromatic carbocycles. The SMILES string of the molecule is COC[C@@H]1CN(c2cc(S(=O)(=O)NC3(C#N)CC3)cc3c(-c4nnc(C(F)F)s4)nc(C)nc23)CC(C)(C)N1. The Kier molecular flexibility index (Phi) is 7.04. The highest BCUT2D eigenvalue weighted by atomic mass is 32.2. The lowest BCUT2D eigenvalue weighted by Gasteiger charge is -2.45. The highest BCUT2D eigenvalue weighted by molar-refractivity contribution is 7.89. The van der Waals surface area contributed by atoms with Gasteiger partial charge < -0.3 is 15.0 Å². The van der Waals surface area contributed by atoms with Gasteiger partial charge in [-0.1, -0.05) is 11.3 Å². The second-order valence-electron chi connectivity index (χ2n) is 10.6. The first-order valence-electron chi connectivity index (χ1n) is 12.3. The van der Waals surface area contributed by atoms with Gasteiger partial charge in [-0.2, -0.15) is 9.98 Å². The molecule has 0 spiro atoms. The Morgan fingerprint density at radius 1 is 1.31 bits per heavy atom. The zero-order chi connectivity index (χ0) is 28.2. The molecule has 0 bridgehead atoms. The molecule has 1 aliphatic heterocycles. The number of anilines is 1. The Bertz CT molecular complexity index is 1570. The van der Waals surface area contributed by atoms with Crippen molar-refractivity contribution in [3.8, 4) is 16.8 Å². The maximum absolute atomic E-state index is 13.5. The minimum Gasteiger partial charge on any atom is -0.383 e. The molecule has 1 aliphatic carbocycles. The molecule has 208 valence electrons. The number of nitriles is 1. The Balaban J connectivity index is 1.73. The molecule has 2 fully saturated rings. The van der Waals surface area contributed by atoms with Crippen LogP contribution in [0.4, 0.5) is 14.5 Å². The summed E-state index contributed by atoms with van der Waals surface area (Å²) in [6.45, 7) is 7.20. The van der Waals surface area contributed by atoms with Crippen LogP contribution < -0.4 is 14.9 Å². The van der Waals surface area contributed by atoms with Crippen molar-refractivity contribution >= 4 is 38.0 Å². The molecular weight excluding hydrogens is 550 g/mol. The number of hydrogen-bond donors (Lipinski definition) is 2. The zero-order valence-electron chi connectivity index (χ0n) is 21.8. The van der Waals surface area contributed by atoms with E-state index in [4.69, 9.17) is 4.74 Å². The van der Waals surface area contributed by atoms with Crippen LogP contribution in [-0.2, 0) is 14.8 Å². The van der Waals surface area contributed by atoms with E-state index in [1.165, 1.54) is 6.07 Å². The van der Waals surface area contributed by atoms with Crippen LogP contribution in [0.1, 0.15) is 43.9 Å². The van der Waals surface area contributed by atoms with E-state index in [9.17, 15) is 22.5 Å². The van der Waals surface area contributed by atoms with Gasteiger partial charge in [-0.05, 0) is 45.7 Å². The third-order valence-corrected chi connectivity index (χ3v) is 9.08. The molecular formula is C24H28F2N8O3S2. The van der Waals surface area contributed by atoms with Gasteiger partial charge in [0.1, 0.15) is 17.1 Å². The van der Waals surface area contributed by atoms with Gasteiger partial charge in [0.15, 0.2) is 10.0 Å². The third kappa shape index (κ3) is 5.57. The molecule has 15 heteroatoms. The largest absolute Gasteiger partial charge is 0.383 e. The van der Waals surface area contributed by atoms with Gasteiger partial charge in [-0.3, -0.25) is 0 Å². The van der Waals surface area contributed by atoms with Crippen molar-refractivity contribution < 1.29 is 21.9 Å². The summed E-state index contributed by atoms with van der Waals surface area (Å²) in [6, 6.07) is 4.95. The maximum Gasteiger partial charge on any atom is 0.291 e. The standard InChI is InChI=1S/C24H28F2N8O3S2/c1-13-28-18-16(19(29-13)21-31-32-22(38-21)20(25)26)7-15(39(35,36)33-24(11-27)5-6-24)8-17(18)34-9-14(10-37-4)30-23(2,3)12-34/h7-8,14,20,30,33H,5-6,9-10,12H2,1-4H3/t14-/m0/s1. The molecule has 2 aromatic heterocycles. The second kappa shape index (κ2) is 9.93. The molecule has 3 heterocycles. The summed E-state index contributed by atoms with van der Waals surface area (Å²) in [5.74, 6) is 0.366. The molecule has 39 heavy (non-hydrogen) atoms. The molecule has 1 saturated carbocycles. The number of aryl methyl sites for hydroxylation is 1. The van der Waals surface area contributed by atoms with E-state index in [1.807, 2.05) is 24.8 Å². The smallest absolute Gasteiger partial charge is 0.291 e. The number of piperazine rings is 1. The minimum absolute atomic E-state index is 0.0559. The number of nitrogens with one attached hydrogen (secondary N) is 2. The Hall–Kier alpha value is -2.90. The zero-order valence-corrected chi connectivity index (χ0v) is 23.5. The van der Waals surface area contributed by atoms with Crippen molar-refractivity contribution in [3.63, 3.8) is 0 Å². The molecule has 3 aromatic rings. The first-order chi connectivity index (χ1) is 18.4. The van der Waals surface area contributed by atoms with Crippen molar-refractivity contribution in [2.24, 2.45) is 0 Å². The number of benzene rings is 1. The Morgan fingerprint density at radius 2 is 2.05 bits per heavy atom. The van der Waals surface area contributed by atoms with E-state index in [0.29, 0.717) is 66.3 Å². The first kappa shape index (κ1) is 27.7. The normalized spacial score (nSPS) is 20.4. The van der Waals surface area contributed by atoms with Crippen LogP contribution in [0.25, 0.3) is 21.6 Å². The monoisotopic (exact) mass is 578 g/mol. The lowest BCUT2D eigenvalue weighted by Crippen LogP contribution is -2.63.